The second kappa shape index (κ2) is 5.80. The van der Waals surface area contributed by atoms with Gasteiger partial charge in [0.25, 0.3) is 5.91 Å². The molecule has 0 bridgehead atoms. The first-order valence-electron chi connectivity index (χ1n) is 6.05. The Morgan fingerprint density at radius 2 is 2.18 bits per heavy atom. The minimum absolute atomic E-state index is 0.143. The molecule has 1 saturated heterocycles. The van der Waals surface area contributed by atoms with E-state index in [2.05, 4.69) is 10.6 Å². The minimum atomic E-state index is 0.143. The number of carbonyl (C=O) groups is 1. The normalized spacial score (nSPS) is 15.9. The second-order valence-electron chi connectivity index (χ2n) is 4.27. The molecule has 0 unspecified atom stereocenters. The van der Waals surface area contributed by atoms with Crippen molar-refractivity contribution in [1.82, 2.24) is 15.5 Å². The van der Waals surface area contributed by atoms with Crippen LogP contribution in [-0.4, -0.2) is 44.0 Å². The average molecular weight is 233 g/mol. The molecule has 0 aliphatic carbocycles. The summed E-state index contributed by atoms with van der Waals surface area (Å²) in [7, 11) is 1.91. The fourth-order valence-corrected chi connectivity index (χ4v) is 2.07. The van der Waals surface area contributed by atoms with E-state index in [9.17, 15) is 4.79 Å². The molecular weight excluding hydrogens is 214 g/mol. The van der Waals surface area contributed by atoms with Crippen LogP contribution in [0, 0.1) is 0 Å². The van der Waals surface area contributed by atoms with E-state index in [0.29, 0.717) is 0 Å². The molecule has 2 rings (SSSR count). The Morgan fingerprint density at radius 3 is 2.88 bits per heavy atom. The van der Waals surface area contributed by atoms with Crippen LogP contribution in [0.4, 0.5) is 0 Å². The standard InChI is InChI=1S/C13H19N3O/c1-14-10-11-3-2-4-12(9-11)13(17)16-7-5-15-6-8-16/h2-4,9,14-15H,5-8,10H2,1H3. The number of hydrogen-bond donors (Lipinski definition) is 2. The van der Waals surface area contributed by atoms with Crippen LogP contribution in [0.2, 0.25) is 0 Å². The average Bonchev–Trinajstić information content (AvgIpc) is 2.40. The summed E-state index contributed by atoms with van der Waals surface area (Å²) in [5.41, 5.74) is 1.94. The summed E-state index contributed by atoms with van der Waals surface area (Å²) in [4.78, 5) is 14.1. The highest BCUT2D eigenvalue weighted by Crippen LogP contribution is 2.09. The highest BCUT2D eigenvalue weighted by Gasteiger charge is 2.17. The Bertz CT molecular complexity index is 386. The van der Waals surface area contributed by atoms with E-state index in [0.717, 1.165) is 43.9 Å². The summed E-state index contributed by atoms with van der Waals surface area (Å²) in [5, 5.41) is 6.34. The number of nitrogens with zero attached hydrogens (tertiary/aromatic N) is 1. The molecule has 0 aromatic heterocycles. The maximum Gasteiger partial charge on any atom is 0.253 e. The number of rotatable bonds is 3. The molecule has 2 N–H and O–H groups in total. The number of nitrogens with one attached hydrogen (secondary N) is 2. The van der Waals surface area contributed by atoms with E-state index in [1.165, 1.54) is 0 Å². The zero-order valence-electron chi connectivity index (χ0n) is 10.2. The molecule has 0 atom stereocenters. The van der Waals surface area contributed by atoms with Crippen molar-refractivity contribution >= 4 is 5.91 Å². The summed E-state index contributed by atoms with van der Waals surface area (Å²) < 4.78 is 0. The predicted molar refractivity (Wildman–Crippen MR) is 68.0 cm³/mol. The number of hydrogen-bond acceptors (Lipinski definition) is 3. The lowest BCUT2D eigenvalue weighted by molar-refractivity contribution is 0.0735. The summed E-state index contributed by atoms with van der Waals surface area (Å²) in [6.45, 7) is 4.18. The van der Waals surface area contributed by atoms with E-state index >= 15 is 0 Å². The molecule has 0 saturated carbocycles. The molecule has 0 spiro atoms. The second-order valence-corrected chi connectivity index (χ2v) is 4.27. The third kappa shape index (κ3) is 3.05. The van der Waals surface area contributed by atoms with Crippen molar-refractivity contribution in [1.29, 1.82) is 0 Å². The van der Waals surface area contributed by atoms with Crippen LogP contribution < -0.4 is 10.6 Å². The molecule has 1 fully saturated rings. The van der Waals surface area contributed by atoms with Gasteiger partial charge in [0, 0.05) is 38.3 Å². The van der Waals surface area contributed by atoms with Crippen molar-refractivity contribution in [2.45, 2.75) is 6.54 Å². The van der Waals surface area contributed by atoms with Crippen LogP contribution in [0.1, 0.15) is 15.9 Å². The molecule has 1 amide bonds. The van der Waals surface area contributed by atoms with Gasteiger partial charge in [0.1, 0.15) is 0 Å². The number of piperazine rings is 1. The highest BCUT2D eigenvalue weighted by molar-refractivity contribution is 5.94. The van der Waals surface area contributed by atoms with Crippen LogP contribution in [0.5, 0.6) is 0 Å². The van der Waals surface area contributed by atoms with Gasteiger partial charge in [0.2, 0.25) is 0 Å². The van der Waals surface area contributed by atoms with Gasteiger partial charge < -0.3 is 15.5 Å². The molecule has 1 aromatic rings. The summed E-state index contributed by atoms with van der Waals surface area (Å²) in [5.74, 6) is 0.143. The lowest BCUT2D eigenvalue weighted by Crippen LogP contribution is -2.46. The Morgan fingerprint density at radius 1 is 1.41 bits per heavy atom. The molecule has 92 valence electrons. The summed E-state index contributed by atoms with van der Waals surface area (Å²) in [6.07, 6.45) is 0. The third-order valence-electron chi connectivity index (χ3n) is 2.96. The molecule has 1 aliphatic heterocycles. The minimum Gasteiger partial charge on any atom is -0.336 e. The van der Waals surface area contributed by atoms with Crippen molar-refractivity contribution in [2.24, 2.45) is 0 Å². The first-order chi connectivity index (χ1) is 8.31. The monoisotopic (exact) mass is 233 g/mol. The van der Waals surface area contributed by atoms with E-state index in [1.54, 1.807) is 0 Å². The smallest absolute Gasteiger partial charge is 0.253 e. The largest absolute Gasteiger partial charge is 0.336 e. The molecule has 17 heavy (non-hydrogen) atoms. The molecule has 1 heterocycles. The Balaban J connectivity index is 2.09. The SMILES string of the molecule is CNCc1cccc(C(=O)N2CCNCC2)c1. The predicted octanol–water partition coefficient (Wildman–Crippen LogP) is 0.451. The van der Waals surface area contributed by atoms with Crippen molar-refractivity contribution in [2.75, 3.05) is 33.2 Å². The lowest BCUT2D eigenvalue weighted by atomic mass is 10.1. The van der Waals surface area contributed by atoms with Crippen molar-refractivity contribution in [3.8, 4) is 0 Å². The van der Waals surface area contributed by atoms with Gasteiger partial charge >= 0.3 is 0 Å². The van der Waals surface area contributed by atoms with Gasteiger partial charge in [-0.3, -0.25) is 4.79 Å². The van der Waals surface area contributed by atoms with Crippen molar-refractivity contribution in [3.63, 3.8) is 0 Å². The van der Waals surface area contributed by atoms with Gasteiger partial charge in [-0.25, -0.2) is 0 Å². The highest BCUT2D eigenvalue weighted by atomic mass is 16.2. The maximum atomic E-state index is 12.2. The van der Waals surface area contributed by atoms with Crippen LogP contribution in [0.3, 0.4) is 0 Å². The molecule has 4 nitrogen and oxygen atoms in total. The third-order valence-corrected chi connectivity index (χ3v) is 2.96. The quantitative estimate of drug-likeness (QED) is 0.797. The Kier molecular flexibility index (Phi) is 4.12. The molecule has 1 aliphatic rings. The number of carbonyl (C=O) groups excluding carboxylic acids is 1. The molecule has 0 radical (unpaired) electrons. The zero-order chi connectivity index (χ0) is 12.1. The number of amides is 1. The van der Waals surface area contributed by atoms with Gasteiger partial charge in [-0.2, -0.15) is 0 Å². The van der Waals surface area contributed by atoms with E-state index in [-0.39, 0.29) is 5.91 Å². The maximum absolute atomic E-state index is 12.2. The van der Waals surface area contributed by atoms with Crippen molar-refractivity contribution < 1.29 is 4.79 Å². The molecular formula is C13H19N3O. The topological polar surface area (TPSA) is 44.4 Å². The van der Waals surface area contributed by atoms with Gasteiger partial charge in [-0.05, 0) is 24.7 Å². The summed E-state index contributed by atoms with van der Waals surface area (Å²) in [6, 6.07) is 7.84. The van der Waals surface area contributed by atoms with E-state index < -0.39 is 0 Å². The van der Waals surface area contributed by atoms with Gasteiger partial charge in [0.05, 0.1) is 0 Å². The van der Waals surface area contributed by atoms with Crippen LogP contribution >= 0.6 is 0 Å². The Hall–Kier alpha value is -1.39. The number of benzene rings is 1. The van der Waals surface area contributed by atoms with Crippen LogP contribution in [-0.2, 0) is 6.54 Å². The summed E-state index contributed by atoms with van der Waals surface area (Å²) >= 11 is 0. The zero-order valence-corrected chi connectivity index (χ0v) is 10.2. The molecule has 4 heteroatoms. The van der Waals surface area contributed by atoms with E-state index in [1.807, 2.05) is 36.2 Å². The van der Waals surface area contributed by atoms with Gasteiger partial charge in [0.15, 0.2) is 0 Å². The fourth-order valence-electron chi connectivity index (χ4n) is 2.07. The lowest BCUT2D eigenvalue weighted by Gasteiger charge is -2.27. The van der Waals surface area contributed by atoms with Gasteiger partial charge in [-0.15, -0.1) is 0 Å². The van der Waals surface area contributed by atoms with Crippen molar-refractivity contribution in [3.05, 3.63) is 35.4 Å². The van der Waals surface area contributed by atoms with Crippen LogP contribution in [0.25, 0.3) is 0 Å². The fraction of sp³-hybridized carbons (Fsp3) is 0.462. The first kappa shape index (κ1) is 12.1. The first-order valence-corrected chi connectivity index (χ1v) is 6.05. The van der Waals surface area contributed by atoms with Gasteiger partial charge in [-0.1, -0.05) is 12.1 Å². The Labute approximate surface area is 102 Å². The van der Waals surface area contributed by atoms with Crippen LogP contribution in [0.15, 0.2) is 24.3 Å². The molecule has 1 aromatic carbocycles. The van der Waals surface area contributed by atoms with E-state index in [4.69, 9.17) is 0 Å².